The minimum atomic E-state index is -0.189. The Morgan fingerprint density at radius 2 is 1.73 bits per heavy atom. The summed E-state index contributed by atoms with van der Waals surface area (Å²) in [5, 5.41) is 0. The first kappa shape index (κ1) is 11.6. The lowest BCUT2D eigenvalue weighted by Gasteiger charge is -2.17. The highest BCUT2D eigenvalue weighted by Crippen LogP contribution is 2.06. The highest BCUT2D eigenvalue weighted by atomic mass is 35.5. The highest BCUT2D eigenvalue weighted by molar-refractivity contribution is 7.33. The molecule has 4 heteroatoms. The van der Waals surface area contributed by atoms with Crippen molar-refractivity contribution in [3.8, 4) is 0 Å². The van der Waals surface area contributed by atoms with Crippen LogP contribution in [0.1, 0.15) is 20.3 Å². The Hall–Kier alpha value is 0.605. The molecule has 0 rings (SSSR count). The maximum Gasteiger partial charge on any atom is 0.351 e. The van der Waals surface area contributed by atoms with Gasteiger partial charge in [-0.2, -0.15) is 22.9 Å². The predicted octanol–water partition coefficient (Wildman–Crippen LogP) is 2.68. The molecule has 0 aliphatic heterocycles. The van der Waals surface area contributed by atoms with Crippen LogP contribution in [0, 0.1) is 0 Å². The Morgan fingerprint density at radius 3 is 2.09 bits per heavy atom. The van der Waals surface area contributed by atoms with Crippen molar-refractivity contribution < 1.29 is 0 Å². The third kappa shape index (κ3) is 6.98. The average molecular weight is 196 g/mol. The SMILES string of the molecule is CCN(CC)CCCB(Cl)Cl. The molecule has 0 amide bonds. The Kier molecular flexibility index (Phi) is 7.66. The number of halogens is 2. The fraction of sp³-hybridized carbons (Fsp3) is 1.00. The van der Waals surface area contributed by atoms with Crippen molar-refractivity contribution in [2.45, 2.75) is 26.6 Å². The Labute approximate surface area is 79.9 Å². The second-order valence-electron chi connectivity index (χ2n) is 2.56. The van der Waals surface area contributed by atoms with Crippen LogP contribution in [-0.2, 0) is 0 Å². The number of rotatable bonds is 6. The van der Waals surface area contributed by atoms with Gasteiger partial charge in [0.1, 0.15) is 0 Å². The lowest BCUT2D eigenvalue weighted by atomic mass is 9.98. The highest BCUT2D eigenvalue weighted by Gasteiger charge is 2.05. The van der Waals surface area contributed by atoms with E-state index in [0.29, 0.717) is 0 Å². The van der Waals surface area contributed by atoms with Crippen LogP contribution in [0.3, 0.4) is 0 Å². The summed E-state index contributed by atoms with van der Waals surface area (Å²) >= 11 is 11.2. The fourth-order valence-electron chi connectivity index (χ4n) is 1.01. The van der Waals surface area contributed by atoms with Gasteiger partial charge in [0.2, 0.25) is 0 Å². The van der Waals surface area contributed by atoms with Crippen LogP contribution in [0.2, 0.25) is 6.32 Å². The van der Waals surface area contributed by atoms with E-state index < -0.39 is 0 Å². The van der Waals surface area contributed by atoms with E-state index >= 15 is 0 Å². The van der Waals surface area contributed by atoms with Gasteiger partial charge in [-0.05, 0) is 32.4 Å². The molecule has 0 spiro atoms. The van der Waals surface area contributed by atoms with Crippen LogP contribution in [0.15, 0.2) is 0 Å². The lowest BCUT2D eigenvalue weighted by Crippen LogP contribution is -2.24. The van der Waals surface area contributed by atoms with Gasteiger partial charge in [0.05, 0.1) is 0 Å². The standard InChI is InChI=1S/C7H16BCl2N/c1-3-11(4-2)7-5-6-8(9)10/h3-7H2,1-2H3. The summed E-state index contributed by atoms with van der Waals surface area (Å²) in [4.78, 5) is 2.37. The topological polar surface area (TPSA) is 3.24 Å². The molecular weight excluding hydrogens is 180 g/mol. The summed E-state index contributed by atoms with van der Waals surface area (Å²) in [7, 11) is 0. The van der Waals surface area contributed by atoms with E-state index in [1.165, 1.54) is 0 Å². The molecule has 0 saturated carbocycles. The third-order valence-corrected chi connectivity index (χ3v) is 2.23. The first-order valence-electron chi connectivity index (χ1n) is 4.21. The van der Waals surface area contributed by atoms with Gasteiger partial charge >= 0.3 is 5.54 Å². The summed E-state index contributed by atoms with van der Waals surface area (Å²) in [6.07, 6.45) is 2.00. The van der Waals surface area contributed by atoms with Crippen LogP contribution in [0.4, 0.5) is 0 Å². The molecule has 0 fully saturated rings. The second-order valence-corrected chi connectivity index (χ2v) is 3.84. The maximum atomic E-state index is 5.59. The first-order chi connectivity index (χ1) is 5.20. The molecule has 0 radical (unpaired) electrons. The van der Waals surface area contributed by atoms with E-state index in [2.05, 4.69) is 18.7 Å². The van der Waals surface area contributed by atoms with E-state index in [4.69, 9.17) is 22.9 Å². The Morgan fingerprint density at radius 1 is 1.18 bits per heavy atom. The maximum absolute atomic E-state index is 5.59. The van der Waals surface area contributed by atoms with Gasteiger partial charge in [0.15, 0.2) is 0 Å². The van der Waals surface area contributed by atoms with Gasteiger partial charge in [0.25, 0.3) is 0 Å². The molecule has 0 aromatic carbocycles. The minimum absolute atomic E-state index is 0.189. The summed E-state index contributed by atoms with van der Waals surface area (Å²) in [5.41, 5.74) is -0.189. The fourth-order valence-corrected chi connectivity index (χ4v) is 1.32. The zero-order valence-corrected chi connectivity index (χ0v) is 8.83. The molecular formula is C7H16BCl2N. The monoisotopic (exact) mass is 195 g/mol. The van der Waals surface area contributed by atoms with Gasteiger partial charge in [-0.1, -0.05) is 13.8 Å². The van der Waals surface area contributed by atoms with Gasteiger partial charge < -0.3 is 4.90 Å². The van der Waals surface area contributed by atoms with Crippen LogP contribution < -0.4 is 0 Å². The largest absolute Gasteiger partial charge is 0.351 e. The van der Waals surface area contributed by atoms with Gasteiger partial charge in [-0.3, -0.25) is 0 Å². The van der Waals surface area contributed by atoms with E-state index in [1.54, 1.807) is 0 Å². The molecule has 0 aromatic rings. The molecule has 0 saturated heterocycles. The van der Waals surface area contributed by atoms with E-state index in [9.17, 15) is 0 Å². The van der Waals surface area contributed by atoms with E-state index in [-0.39, 0.29) is 5.54 Å². The van der Waals surface area contributed by atoms with Gasteiger partial charge in [0, 0.05) is 0 Å². The Bertz CT molecular complexity index is 86.5. The smallest absolute Gasteiger partial charge is 0.304 e. The summed E-state index contributed by atoms with van der Waals surface area (Å²) < 4.78 is 0. The van der Waals surface area contributed by atoms with Crippen molar-refractivity contribution >= 4 is 28.5 Å². The second kappa shape index (κ2) is 7.26. The van der Waals surface area contributed by atoms with E-state index in [0.717, 1.165) is 32.4 Å². The van der Waals surface area contributed by atoms with Crippen LogP contribution >= 0.6 is 22.9 Å². The molecule has 0 aliphatic rings. The molecule has 0 aliphatic carbocycles. The van der Waals surface area contributed by atoms with Crippen molar-refractivity contribution in [2.24, 2.45) is 0 Å². The van der Waals surface area contributed by atoms with Crippen molar-refractivity contribution in [3.05, 3.63) is 0 Å². The first-order valence-corrected chi connectivity index (χ1v) is 5.08. The summed E-state index contributed by atoms with van der Waals surface area (Å²) in [6.45, 7) is 7.69. The van der Waals surface area contributed by atoms with Crippen molar-refractivity contribution in [3.63, 3.8) is 0 Å². The molecule has 11 heavy (non-hydrogen) atoms. The lowest BCUT2D eigenvalue weighted by molar-refractivity contribution is 0.304. The molecule has 0 unspecified atom stereocenters. The molecule has 0 N–H and O–H groups in total. The van der Waals surface area contributed by atoms with Crippen molar-refractivity contribution in [1.29, 1.82) is 0 Å². The number of hydrogen-bond donors (Lipinski definition) is 0. The molecule has 0 aromatic heterocycles. The number of hydrogen-bond acceptors (Lipinski definition) is 1. The molecule has 0 heterocycles. The van der Waals surface area contributed by atoms with Gasteiger partial charge in [-0.15, -0.1) is 0 Å². The van der Waals surface area contributed by atoms with Gasteiger partial charge in [-0.25, -0.2) is 0 Å². The average Bonchev–Trinajstić information content (AvgIpc) is 1.98. The molecule has 66 valence electrons. The zero-order chi connectivity index (χ0) is 8.69. The van der Waals surface area contributed by atoms with Crippen LogP contribution in [-0.4, -0.2) is 30.1 Å². The molecule has 0 atom stereocenters. The molecule has 0 bridgehead atoms. The third-order valence-electron chi connectivity index (χ3n) is 1.79. The normalized spacial score (nSPS) is 10.6. The van der Waals surface area contributed by atoms with E-state index in [1.807, 2.05) is 0 Å². The minimum Gasteiger partial charge on any atom is -0.304 e. The van der Waals surface area contributed by atoms with Crippen molar-refractivity contribution in [1.82, 2.24) is 4.90 Å². The quantitative estimate of drug-likeness (QED) is 0.590. The molecule has 1 nitrogen and oxygen atoms in total. The van der Waals surface area contributed by atoms with Crippen LogP contribution in [0.25, 0.3) is 0 Å². The Balaban J connectivity index is 3.21. The van der Waals surface area contributed by atoms with Crippen LogP contribution in [0.5, 0.6) is 0 Å². The summed E-state index contributed by atoms with van der Waals surface area (Å²) in [5.74, 6) is 0. The zero-order valence-electron chi connectivity index (χ0n) is 7.32. The number of nitrogens with zero attached hydrogens (tertiary/aromatic N) is 1. The predicted molar refractivity (Wildman–Crippen MR) is 54.7 cm³/mol. The van der Waals surface area contributed by atoms with Crippen molar-refractivity contribution in [2.75, 3.05) is 19.6 Å². The summed E-state index contributed by atoms with van der Waals surface area (Å²) in [6, 6.07) is 0.